The number of terminal acetylenes is 2. The number of hydrogen-bond donors (Lipinski definition) is 0. The molecule has 5 heteroatoms. The molecule has 0 radical (unpaired) electrons. The lowest BCUT2D eigenvalue weighted by atomic mass is 10.8. The second-order valence-corrected chi connectivity index (χ2v) is 4.98. The van der Waals surface area contributed by atoms with Gasteiger partial charge in [-0.1, -0.05) is 11.1 Å². The summed E-state index contributed by atoms with van der Waals surface area (Å²) in [6.07, 6.45) is 10.6. The van der Waals surface area contributed by atoms with Gasteiger partial charge in [-0.15, -0.1) is 12.8 Å². The van der Waals surface area contributed by atoms with Gasteiger partial charge in [0.1, 0.15) is 0 Å². The molecule has 0 saturated carbocycles. The van der Waals surface area contributed by atoms with Crippen LogP contribution in [0.1, 0.15) is 0 Å². The van der Waals surface area contributed by atoms with Gasteiger partial charge in [0.15, 0.2) is 0 Å². The average molecular weight is 228 g/mol. The molecule has 0 N–H and O–H groups in total. The fraction of sp³-hybridized carbons (Fsp3) is 0.600. The Labute approximate surface area is 92.1 Å². The van der Waals surface area contributed by atoms with E-state index in [1.165, 1.54) is 0 Å². The van der Waals surface area contributed by atoms with Gasteiger partial charge in [-0.25, -0.2) is 0 Å². The molecular weight excluding hydrogens is 212 g/mol. The average Bonchev–Trinajstić information content (AvgIpc) is 2.28. The molecule has 15 heavy (non-hydrogen) atoms. The van der Waals surface area contributed by atoms with Gasteiger partial charge in [-0.2, -0.15) is 0 Å². The molecule has 0 unspecified atom stereocenters. The number of methoxy groups -OCH3 is 2. The van der Waals surface area contributed by atoms with E-state index >= 15 is 0 Å². The van der Waals surface area contributed by atoms with E-state index in [2.05, 4.69) is 11.1 Å². The van der Waals surface area contributed by atoms with Crippen LogP contribution in [0, 0.1) is 23.9 Å². The highest BCUT2D eigenvalue weighted by atomic mass is 28.4. The molecule has 0 saturated heterocycles. The molecule has 0 aliphatic rings. The van der Waals surface area contributed by atoms with E-state index in [4.69, 9.17) is 31.2 Å². The van der Waals surface area contributed by atoms with Gasteiger partial charge in [0, 0.05) is 14.2 Å². The summed E-state index contributed by atoms with van der Waals surface area (Å²) in [5.74, 6) is 0. The zero-order valence-corrected chi connectivity index (χ0v) is 10.1. The molecule has 0 aromatic heterocycles. The third-order valence-corrected chi connectivity index (χ3v) is 3.55. The Hall–Kier alpha value is -0.823. The van der Waals surface area contributed by atoms with Crippen LogP contribution in [-0.4, -0.2) is 49.2 Å². The van der Waals surface area contributed by atoms with Crippen LogP contribution in [0.2, 0.25) is 0 Å². The monoisotopic (exact) mass is 228 g/mol. The highest BCUT2D eigenvalue weighted by Gasteiger charge is 2.34. The Bertz CT molecular complexity index is 215. The summed E-state index contributed by atoms with van der Waals surface area (Å²) >= 11 is 0. The van der Waals surface area contributed by atoms with Crippen molar-refractivity contribution in [3.05, 3.63) is 0 Å². The van der Waals surface area contributed by atoms with Crippen molar-refractivity contribution >= 4 is 8.56 Å². The molecular formula is C10H16O4Si. The van der Waals surface area contributed by atoms with E-state index < -0.39 is 8.56 Å². The van der Waals surface area contributed by atoms with E-state index in [9.17, 15) is 0 Å². The smallest absolute Gasteiger partial charge is 0.382 e. The molecule has 0 amide bonds. The van der Waals surface area contributed by atoms with Crippen LogP contribution < -0.4 is 0 Å². The van der Waals surface area contributed by atoms with E-state index in [-0.39, 0.29) is 0 Å². The van der Waals surface area contributed by atoms with Crippen molar-refractivity contribution < 1.29 is 18.3 Å². The Morgan fingerprint density at radius 2 is 1.27 bits per heavy atom. The molecule has 0 aliphatic heterocycles. The Balaban J connectivity index is 4.09. The van der Waals surface area contributed by atoms with Crippen molar-refractivity contribution in [2.75, 3.05) is 40.6 Å². The number of ether oxygens (including phenoxy) is 2. The van der Waals surface area contributed by atoms with Crippen LogP contribution in [0.3, 0.4) is 0 Å². The van der Waals surface area contributed by atoms with Crippen LogP contribution in [0.25, 0.3) is 0 Å². The van der Waals surface area contributed by atoms with Gasteiger partial charge in [0.05, 0.1) is 26.4 Å². The van der Waals surface area contributed by atoms with Gasteiger partial charge >= 0.3 is 8.56 Å². The zero-order valence-electron chi connectivity index (χ0n) is 9.12. The topological polar surface area (TPSA) is 36.9 Å². The summed E-state index contributed by atoms with van der Waals surface area (Å²) < 4.78 is 20.4. The first-order valence-corrected chi connectivity index (χ1v) is 6.27. The first kappa shape index (κ1) is 14.2. The van der Waals surface area contributed by atoms with Crippen LogP contribution >= 0.6 is 0 Å². The second kappa shape index (κ2) is 8.48. The normalized spacial score (nSPS) is 10.7. The van der Waals surface area contributed by atoms with Crippen molar-refractivity contribution in [1.82, 2.24) is 0 Å². The molecule has 0 aromatic carbocycles. The lowest BCUT2D eigenvalue weighted by Gasteiger charge is -2.19. The second-order valence-electron chi connectivity index (χ2n) is 2.59. The van der Waals surface area contributed by atoms with Crippen LogP contribution in [0.5, 0.6) is 0 Å². The Kier molecular flexibility index (Phi) is 8.02. The van der Waals surface area contributed by atoms with E-state index in [0.717, 1.165) is 0 Å². The molecule has 0 heterocycles. The molecule has 0 bridgehead atoms. The predicted molar refractivity (Wildman–Crippen MR) is 59.1 cm³/mol. The van der Waals surface area contributed by atoms with Gasteiger partial charge in [-0.3, -0.25) is 0 Å². The maximum absolute atomic E-state index is 5.38. The third kappa shape index (κ3) is 5.58. The van der Waals surface area contributed by atoms with Crippen LogP contribution in [-0.2, 0) is 18.3 Å². The summed E-state index contributed by atoms with van der Waals surface area (Å²) in [6.45, 7) is 1.55. The van der Waals surface area contributed by atoms with Crippen molar-refractivity contribution in [3.8, 4) is 23.9 Å². The largest absolute Gasteiger partial charge is 0.510 e. The van der Waals surface area contributed by atoms with E-state index in [0.29, 0.717) is 26.4 Å². The predicted octanol–water partition coefficient (Wildman–Crippen LogP) is 0.0994. The first-order chi connectivity index (χ1) is 7.24. The Morgan fingerprint density at radius 1 is 0.867 bits per heavy atom. The van der Waals surface area contributed by atoms with Crippen molar-refractivity contribution in [3.63, 3.8) is 0 Å². The number of hydrogen-bond acceptors (Lipinski definition) is 4. The summed E-state index contributed by atoms with van der Waals surface area (Å²) in [5.41, 5.74) is 4.86. The van der Waals surface area contributed by atoms with Gasteiger partial charge < -0.3 is 18.3 Å². The standard InChI is InChI=1S/C10H16O4Si/c1-5-15(6-2,13-9-7-11-3)14-10-8-12-4/h1-2H,7-10H2,3-4H3. The molecule has 4 nitrogen and oxygen atoms in total. The highest BCUT2D eigenvalue weighted by molar-refractivity contribution is 6.83. The van der Waals surface area contributed by atoms with Crippen molar-refractivity contribution in [1.29, 1.82) is 0 Å². The summed E-state index contributed by atoms with van der Waals surface area (Å²) in [5, 5.41) is 0. The minimum Gasteiger partial charge on any atom is -0.382 e. The SMILES string of the molecule is C#C[Si](C#C)(OCCOC)OCCOC. The summed E-state index contributed by atoms with van der Waals surface area (Å²) in [4.78, 5) is 0. The lowest BCUT2D eigenvalue weighted by molar-refractivity contribution is 0.0979. The van der Waals surface area contributed by atoms with Gasteiger partial charge in [0.25, 0.3) is 0 Å². The molecule has 0 aromatic rings. The highest BCUT2D eigenvalue weighted by Crippen LogP contribution is 2.04. The minimum absolute atomic E-state index is 0.337. The van der Waals surface area contributed by atoms with Gasteiger partial charge in [0.2, 0.25) is 0 Å². The summed E-state index contributed by atoms with van der Waals surface area (Å²) in [6, 6.07) is 0. The number of rotatable bonds is 8. The molecule has 0 rings (SSSR count). The fourth-order valence-electron chi connectivity index (χ4n) is 0.787. The molecule has 0 fully saturated rings. The Morgan fingerprint density at radius 3 is 1.53 bits per heavy atom. The summed E-state index contributed by atoms with van der Waals surface area (Å²) in [7, 11) is 0.225. The maximum Gasteiger partial charge on any atom is 0.510 e. The van der Waals surface area contributed by atoms with E-state index in [1.54, 1.807) is 14.2 Å². The van der Waals surface area contributed by atoms with Crippen LogP contribution in [0.15, 0.2) is 0 Å². The molecule has 0 aliphatic carbocycles. The maximum atomic E-state index is 5.38. The molecule has 84 valence electrons. The molecule has 0 atom stereocenters. The quantitative estimate of drug-likeness (QED) is 0.335. The molecule has 0 spiro atoms. The van der Waals surface area contributed by atoms with Crippen molar-refractivity contribution in [2.45, 2.75) is 0 Å². The van der Waals surface area contributed by atoms with Crippen molar-refractivity contribution in [2.24, 2.45) is 0 Å². The first-order valence-electron chi connectivity index (χ1n) is 4.46. The fourth-order valence-corrected chi connectivity index (χ4v) is 2.03. The minimum atomic E-state index is -2.92. The zero-order chi connectivity index (χ0) is 11.6. The van der Waals surface area contributed by atoms with Gasteiger partial charge in [-0.05, 0) is 0 Å². The lowest BCUT2D eigenvalue weighted by Crippen LogP contribution is -2.41. The van der Waals surface area contributed by atoms with Crippen LogP contribution in [0.4, 0.5) is 0 Å². The van der Waals surface area contributed by atoms with E-state index in [1.807, 2.05) is 0 Å². The third-order valence-electron chi connectivity index (χ3n) is 1.57.